The van der Waals surface area contributed by atoms with Crippen LogP contribution >= 0.6 is 0 Å². The van der Waals surface area contributed by atoms with Crippen LogP contribution in [0.1, 0.15) is 53.9 Å². The summed E-state index contributed by atoms with van der Waals surface area (Å²) < 4.78 is 5.20. The van der Waals surface area contributed by atoms with Crippen LogP contribution in [-0.4, -0.2) is 67.9 Å². The number of ether oxygens (including phenoxy) is 1. The number of amides is 1. The number of hydrogen-bond donors (Lipinski definition) is 3. The number of nitrogens with zero attached hydrogens (tertiary/aromatic N) is 2. The second kappa shape index (κ2) is 10.5. The van der Waals surface area contributed by atoms with Crippen molar-refractivity contribution >= 4 is 12.1 Å². The zero-order valence-corrected chi connectivity index (χ0v) is 16.8. The van der Waals surface area contributed by atoms with Crippen molar-refractivity contribution in [2.24, 2.45) is 4.99 Å². The smallest absolute Gasteiger partial charge is 0.407 e. The van der Waals surface area contributed by atoms with Crippen molar-refractivity contribution in [3.05, 3.63) is 0 Å². The average molecular weight is 356 g/mol. The Balaban J connectivity index is 2.16. The molecule has 1 heterocycles. The molecule has 0 aliphatic carbocycles. The molecule has 0 aromatic heterocycles. The number of guanidine groups is 1. The molecule has 1 amide bonds. The van der Waals surface area contributed by atoms with Crippen molar-refractivity contribution in [3.8, 4) is 0 Å². The lowest BCUT2D eigenvalue weighted by Gasteiger charge is -2.35. The Hall–Kier alpha value is -1.50. The molecule has 7 heteroatoms. The molecule has 1 aliphatic rings. The van der Waals surface area contributed by atoms with Gasteiger partial charge in [-0.05, 0) is 53.9 Å². The zero-order valence-electron chi connectivity index (χ0n) is 16.8. The van der Waals surface area contributed by atoms with E-state index in [1.54, 1.807) is 7.05 Å². The van der Waals surface area contributed by atoms with Crippen LogP contribution in [0.4, 0.5) is 4.79 Å². The molecule has 0 radical (unpaired) electrons. The fraction of sp³-hybridized carbons (Fsp3) is 0.889. The van der Waals surface area contributed by atoms with Gasteiger partial charge in [-0.3, -0.25) is 4.99 Å². The normalized spacial score (nSPS) is 17.5. The van der Waals surface area contributed by atoms with Crippen molar-refractivity contribution in [2.45, 2.75) is 71.6 Å². The molecule has 0 aromatic carbocycles. The van der Waals surface area contributed by atoms with Crippen LogP contribution in [0.2, 0.25) is 0 Å². The monoisotopic (exact) mass is 355 g/mol. The van der Waals surface area contributed by atoms with E-state index in [0.29, 0.717) is 18.6 Å². The van der Waals surface area contributed by atoms with Crippen LogP contribution in [0.15, 0.2) is 4.99 Å². The van der Waals surface area contributed by atoms with Crippen molar-refractivity contribution in [1.29, 1.82) is 0 Å². The highest BCUT2D eigenvalue weighted by atomic mass is 16.6. The fourth-order valence-corrected chi connectivity index (χ4v) is 2.75. The van der Waals surface area contributed by atoms with Gasteiger partial charge in [-0.15, -0.1) is 0 Å². The van der Waals surface area contributed by atoms with Gasteiger partial charge in [0, 0.05) is 45.3 Å². The van der Waals surface area contributed by atoms with Crippen LogP contribution in [0.5, 0.6) is 0 Å². The topological polar surface area (TPSA) is 78.0 Å². The van der Waals surface area contributed by atoms with Gasteiger partial charge in [0.2, 0.25) is 0 Å². The van der Waals surface area contributed by atoms with Gasteiger partial charge in [0.25, 0.3) is 0 Å². The van der Waals surface area contributed by atoms with Crippen LogP contribution in [0.3, 0.4) is 0 Å². The minimum absolute atomic E-state index is 0.369. The third-order valence-electron chi connectivity index (χ3n) is 4.14. The number of rotatable bonds is 6. The number of likely N-dealkylation sites (tertiary alicyclic amines) is 1. The summed E-state index contributed by atoms with van der Waals surface area (Å²) in [7, 11) is 1.79. The van der Waals surface area contributed by atoms with Crippen molar-refractivity contribution in [3.63, 3.8) is 0 Å². The Morgan fingerprint density at radius 1 is 1.20 bits per heavy atom. The number of alkyl carbamates (subject to hydrolysis) is 1. The molecule has 0 spiro atoms. The summed E-state index contributed by atoms with van der Waals surface area (Å²) in [6, 6.07) is 1.09. The summed E-state index contributed by atoms with van der Waals surface area (Å²) in [6.07, 6.45) is 2.72. The molecule has 3 N–H and O–H groups in total. The number of nitrogens with one attached hydrogen (secondary N) is 3. The molecule has 1 fully saturated rings. The Labute approximate surface area is 153 Å². The summed E-state index contributed by atoms with van der Waals surface area (Å²) in [5.74, 6) is 0.834. The summed E-state index contributed by atoms with van der Waals surface area (Å²) in [5.41, 5.74) is -0.459. The second-order valence-corrected chi connectivity index (χ2v) is 7.83. The Morgan fingerprint density at radius 3 is 2.32 bits per heavy atom. The molecule has 1 saturated heterocycles. The third kappa shape index (κ3) is 9.53. The fourth-order valence-electron chi connectivity index (χ4n) is 2.75. The van der Waals surface area contributed by atoms with Crippen molar-refractivity contribution < 1.29 is 9.53 Å². The molecule has 25 heavy (non-hydrogen) atoms. The number of piperidine rings is 1. The standard InChI is InChI=1S/C18H37N5O2/c1-14(2)23-12-8-15(9-13-23)22-16(19-6)20-10-7-11-21-17(24)25-18(3,4)5/h14-15H,7-13H2,1-6H3,(H,21,24)(H2,19,20,22). The molecular formula is C18H37N5O2. The number of carbonyl (C=O) groups is 1. The first-order valence-electron chi connectivity index (χ1n) is 9.39. The quantitative estimate of drug-likeness (QED) is 0.386. The highest BCUT2D eigenvalue weighted by Crippen LogP contribution is 2.12. The van der Waals surface area contributed by atoms with Crippen molar-refractivity contribution in [2.75, 3.05) is 33.2 Å². The van der Waals surface area contributed by atoms with Gasteiger partial charge in [-0.2, -0.15) is 0 Å². The minimum Gasteiger partial charge on any atom is -0.444 e. The first kappa shape index (κ1) is 21.5. The van der Waals surface area contributed by atoms with Gasteiger partial charge in [0.05, 0.1) is 0 Å². The first-order chi connectivity index (χ1) is 11.7. The first-order valence-corrected chi connectivity index (χ1v) is 9.39. The van der Waals surface area contributed by atoms with Gasteiger partial charge in [-0.1, -0.05) is 0 Å². The largest absolute Gasteiger partial charge is 0.444 e. The molecule has 0 bridgehead atoms. The SMILES string of the molecule is CN=C(NCCCNC(=O)OC(C)(C)C)NC1CCN(C(C)C)CC1. The zero-order chi connectivity index (χ0) is 18.9. The number of carbonyl (C=O) groups excluding carboxylic acids is 1. The van der Waals surface area contributed by atoms with E-state index < -0.39 is 5.60 Å². The third-order valence-corrected chi connectivity index (χ3v) is 4.14. The van der Waals surface area contributed by atoms with Crippen LogP contribution in [-0.2, 0) is 4.74 Å². The van der Waals surface area contributed by atoms with E-state index in [1.165, 1.54) is 0 Å². The van der Waals surface area contributed by atoms with E-state index in [2.05, 4.69) is 39.7 Å². The number of hydrogen-bond acceptors (Lipinski definition) is 4. The van der Waals surface area contributed by atoms with E-state index in [9.17, 15) is 4.79 Å². The minimum atomic E-state index is -0.459. The lowest BCUT2D eigenvalue weighted by atomic mass is 10.0. The van der Waals surface area contributed by atoms with E-state index in [0.717, 1.165) is 44.9 Å². The van der Waals surface area contributed by atoms with Crippen LogP contribution in [0, 0.1) is 0 Å². The maximum Gasteiger partial charge on any atom is 0.407 e. The predicted molar refractivity (Wildman–Crippen MR) is 103 cm³/mol. The predicted octanol–water partition coefficient (Wildman–Crippen LogP) is 1.94. The van der Waals surface area contributed by atoms with E-state index in [4.69, 9.17) is 4.74 Å². The summed E-state index contributed by atoms with van der Waals surface area (Å²) in [5, 5.41) is 9.56. The summed E-state index contributed by atoms with van der Waals surface area (Å²) >= 11 is 0. The molecule has 1 rings (SSSR count). The Morgan fingerprint density at radius 2 is 1.80 bits per heavy atom. The van der Waals surface area contributed by atoms with Gasteiger partial charge in [-0.25, -0.2) is 4.79 Å². The maximum absolute atomic E-state index is 11.6. The summed E-state index contributed by atoms with van der Waals surface area (Å²) in [6.45, 7) is 13.7. The van der Waals surface area contributed by atoms with Crippen LogP contribution < -0.4 is 16.0 Å². The van der Waals surface area contributed by atoms with E-state index >= 15 is 0 Å². The highest BCUT2D eigenvalue weighted by molar-refractivity contribution is 5.79. The molecular weight excluding hydrogens is 318 g/mol. The average Bonchev–Trinajstić information content (AvgIpc) is 2.52. The van der Waals surface area contributed by atoms with E-state index in [1.807, 2.05) is 20.8 Å². The number of aliphatic imine (C=N–C) groups is 1. The highest BCUT2D eigenvalue weighted by Gasteiger charge is 2.21. The summed E-state index contributed by atoms with van der Waals surface area (Å²) in [4.78, 5) is 18.4. The Bertz CT molecular complexity index is 424. The molecule has 1 aliphatic heterocycles. The van der Waals surface area contributed by atoms with Crippen LogP contribution in [0.25, 0.3) is 0 Å². The van der Waals surface area contributed by atoms with Gasteiger partial charge in [0.15, 0.2) is 5.96 Å². The molecule has 0 unspecified atom stereocenters. The second-order valence-electron chi connectivity index (χ2n) is 7.83. The van der Waals surface area contributed by atoms with Gasteiger partial charge < -0.3 is 25.6 Å². The maximum atomic E-state index is 11.6. The Kier molecular flexibility index (Phi) is 9.03. The van der Waals surface area contributed by atoms with E-state index in [-0.39, 0.29) is 6.09 Å². The lowest BCUT2D eigenvalue weighted by molar-refractivity contribution is 0.0527. The lowest BCUT2D eigenvalue weighted by Crippen LogP contribution is -2.50. The molecule has 0 aromatic rings. The molecule has 0 saturated carbocycles. The van der Waals surface area contributed by atoms with Gasteiger partial charge >= 0.3 is 6.09 Å². The molecule has 7 nitrogen and oxygen atoms in total. The molecule has 146 valence electrons. The van der Waals surface area contributed by atoms with Gasteiger partial charge in [0.1, 0.15) is 5.60 Å². The van der Waals surface area contributed by atoms with Crippen molar-refractivity contribution in [1.82, 2.24) is 20.9 Å². The molecule has 0 atom stereocenters.